The molecule has 0 atom stereocenters. The molecule has 17 heavy (non-hydrogen) atoms. The minimum atomic E-state index is 0.139. The first-order valence-corrected chi connectivity index (χ1v) is 6.19. The van der Waals surface area contributed by atoms with Gasteiger partial charge >= 0.3 is 0 Å². The van der Waals surface area contributed by atoms with Crippen LogP contribution >= 0.6 is 0 Å². The standard InChI is InChI=1S/C12H20N4O/c1-16-7-6-14-11(16)9-15-12(17)8-10-2-4-13-5-3-10/h6-7,10,13H,2-5,8-9H2,1H3,(H,15,17). The molecule has 0 aromatic carbocycles. The lowest BCUT2D eigenvalue weighted by atomic mass is 9.94. The van der Waals surface area contributed by atoms with Crippen LogP contribution in [0.15, 0.2) is 12.4 Å². The van der Waals surface area contributed by atoms with E-state index in [0.29, 0.717) is 18.9 Å². The molecule has 2 rings (SSSR count). The van der Waals surface area contributed by atoms with E-state index in [9.17, 15) is 4.79 Å². The van der Waals surface area contributed by atoms with Crippen molar-refractivity contribution in [1.29, 1.82) is 0 Å². The van der Waals surface area contributed by atoms with Crippen LogP contribution in [0, 0.1) is 5.92 Å². The van der Waals surface area contributed by atoms with Gasteiger partial charge in [-0.2, -0.15) is 0 Å². The van der Waals surface area contributed by atoms with Crippen molar-refractivity contribution in [1.82, 2.24) is 20.2 Å². The summed E-state index contributed by atoms with van der Waals surface area (Å²) in [6.45, 7) is 2.60. The lowest BCUT2D eigenvalue weighted by Gasteiger charge is -2.21. The van der Waals surface area contributed by atoms with Crippen LogP contribution in [-0.2, 0) is 18.4 Å². The van der Waals surface area contributed by atoms with Crippen LogP contribution in [0.3, 0.4) is 0 Å². The lowest BCUT2D eigenvalue weighted by Crippen LogP contribution is -2.32. The average Bonchev–Trinajstić information content (AvgIpc) is 2.74. The number of nitrogens with one attached hydrogen (secondary N) is 2. The summed E-state index contributed by atoms with van der Waals surface area (Å²) in [7, 11) is 1.93. The number of aromatic nitrogens is 2. The van der Waals surface area contributed by atoms with Gasteiger partial charge in [0, 0.05) is 25.9 Å². The molecule has 94 valence electrons. The zero-order valence-electron chi connectivity index (χ0n) is 10.3. The fourth-order valence-corrected chi connectivity index (χ4v) is 2.16. The number of aryl methyl sites for hydroxylation is 1. The van der Waals surface area contributed by atoms with Crippen LogP contribution in [0.25, 0.3) is 0 Å². The molecule has 2 heterocycles. The Hall–Kier alpha value is -1.36. The number of rotatable bonds is 4. The largest absolute Gasteiger partial charge is 0.349 e. The summed E-state index contributed by atoms with van der Waals surface area (Å²) in [5, 5.41) is 6.24. The van der Waals surface area contributed by atoms with Gasteiger partial charge in [-0.3, -0.25) is 4.79 Å². The topological polar surface area (TPSA) is 59.0 Å². The normalized spacial score (nSPS) is 17.0. The molecule has 1 aliphatic rings. The Kier molecular flexibility index (Phi) is 4.14. The number of piperidine rings is 1. The minimum Gasteiger partial charge on any atom is -0.349 e. The fourth-order valence-electron chi connectivity index (χ4n) is 2.16. The van der Waals surface area contributed by atoms with E-state index in [2.05, 4.69) is 15.6 Å². The molecule has 0 bridgehead atoms. The van der Waals surface area contributed by atoms with E-state index in [0.717, 1.165) is 31.8 Å². The second-order valence-corrected chi connectivity index (χ2v) is 4.63. The Morgan fingerprint density at radius 3 is 3.00 bits per heavy atom. The number of hydrogen-bond acceptors (Lipinski definition) is 3. The van der Waals surface area contributed by atoms with E-state index >= 15 is 0 Å². The highest BCUT2D eigenvalue weighted by molar-refractivity contribution is 5.76. The molecule has 1 aromatic heterocycles. The second kappa shape index (κ2) is 5.82. The van der Waals surface area contributed by atoms with Crippen molar-refractivity contribution in [3.8, 4) is 0 Å². The molecular formula is C12H20N4O. The average molecular weight is 236 g/mol. The number of amides is 1. The zero-order chi connectivity index (χ0) is 12.1. The third-order valence-electron chi connectivity index (χ3n) is 3.30. The van der Waals surface area contributed by atoms with Crippen LogP contribution in [-0.4, -0.2) is 28.5 Å². The first kappa shape index (κ1) is 12.1. The molecule has 0 saturated carbocycles. The van der Waals surface area contributed by atoms with E-state index in [1.54, 1.807) is 6.20 Å². The van der Waals surface area contributed by atoms with Crippen molar-refractivity contribution in [3.63, 3.8) is 0 Å². The lowest BCUT2D eigenvalue weighted by molar-refractivity contribution is -0.122. The van der Waals surface area contributed by atoms with Gasteiger partial charge in [-0.15, -0.1) is 0 Å². The zero-order valence-corrected chi connectivity index (χ0v) is 10.3. The molecule has 1 aliphatic heterocycles. The van der Waals surface area contributed by atoms with Gasteiger partial charge in [0.1, 0.15) is 5.82 Å². The Balaban J connectivity index is 1.72. The molecule has 0 spiro atoms. The first-order chi connectivity index (χ1) is 8.25. The van der Waals surface area contributed by atoms with Crippen LogP contribution in [0.2, 0.25) is 0 Å². The molecule has 1 fully saturated rings. The fraction of sp³-hybridized carbons (Fsp3) is 0.667. The molecule has 5 heteroatoms. The van der Waals surface area contributed by atoms with Crippen molar-refractivity contribution >= 4 is 5.91 Å². The van der Waals surface area contributed by atoms with Gasteiger partial charge in [0.15, 0.2) is 0 Å². The van der Waals surface area contributed by atoms with Crippen molar-refractivity contribution in [2.75, 3.05) is 13.1 Å². The monoisotopic (exact) mass is 236 g/mol. The maximum atomic E-state index is 11.7. The second-order valence-electron chi connectivity index (χ2n) is 4.63. The van der Waals surface area contributed by atoms with Crippen LogP contribution in [0.5, 0.6) is 0 Å². The highest BCUT2D eigenvalue weighted by Gasteiger charge is 2.16. The number of hydrogen-bond donors (Lipinski definition) is 2. The van der Waals surface area contributed by atoms with Crippen LogP contribution in [0.4, 0.5) is 0 Å². The summed E-state index contributed by atoms with van der Waals surface area (Å²) in [4.78, 5) is 15.9. The molecule has 1 aromatic rings. The molecule has 0 radical (unpaired) electrons. The Labute approximate surface area is 102 Å². The quantitative estimate of drug-likeness (QED) is 0.797. The summed E-state index contributed by atoms with van der Waals surface area (Å²) < 4.78 is 1.92. The number of imidazole rings is 1. The number of carbonyl (C=O) groups excluding carboxylic acids is 1. The first-order valence-electron chi connectivity index (χ1n) is 6.19. The highest BCUT2D eigenvalue weighted by atomic mass is 16.1. The maximum absolute atomic E-state index is 11.7. The van der Waals surface area contributed by atoms with Gasteiger partial charge in [0.2, 0.25) is 5.91 Å². The van der Waals surface area contributed by atoms with Gasteiger partial charge in [0.25, 0.3) is 0 Å². The van der Waals surface area contributed by atoms with Crippen molar-refractivity contribution in [2.24, 2.45) is 13.0 Å². The summed E-state index contributed by atoms with van der Waals surface area (Å²) in [6, 6.07) is 0. The predicted molar refractivity (Wildman–Crippen MR) is 65.3 cm³/mol. The van der Waals surface area contributed by atoms with E-state index in [4.69, 9.17) is 0 Å². The van der Waals surface area contributed by atoms with Gasteiger partial charge in [-0.05, 0) is 31.8 Å². The number of nitrogens with zero attached hydrogens (tertiary/aromatic N) is 2. The summed E-state index contributed by atoms with van der Waals surface area (Å²) in [6.07, 6.45) is 6.49. The molecular weight excluding hydrogens is 216 g/mol. The Morgan fingerprint density at radius 1 is 1.59 bits per heavy atom. The van der Waals surface area contributed by atoms with Crippen LogP contribution < -0.4 is 10.6 Å². The Morgan fingerprint density at radius 2 is 2.35 bits per heavy atom. The minimum absolute atomic E-state index is 0.139. The van der Waals surface area contributed by atoms with Gasteiger partial charge in [-0.25, -0.2) is 4.98 Å². The third kappa shape index (κ3) is 3.56. The smallest absolute Gasteiger partial charge is 0.220 e. The van der Waals surface area contributed by atoms with E-state index in [1.807, 2.05) is 17.8 Å². The highest BCUT2D eigenvalue weighted by Crippen LogP contribution is 2.15. The summed E-state index contributed by atoms with van der Waals surface area (Å²) in [5.41, 5.74) is 0. The van der Waals surface area contributed by atoms with Gasteiger partial charge in [0.05, 0.1) is 6.54 Å². The molecule has 0 aliphatic carbocycles. The molecule has 5 nitrogen and oxygen atoms in total. The van der Waals surface area contributed by atoms with Crippen molar-refractivity contribution in [2.45, 2.75) is 25.8 Å². The van der Waals surface area contributed by atoms with Gasteiger partial charge < -0.3 is 15.2 Å². The molecule has 1 saturated heterocycles. The van der Waals surface area contributed by atoms with Crippen LogP contribution in [0.1, 0.15) is 25.1 Å². The van der Waals surface area contributed by atoms with E-state index < -0.39 is 0 Å². The Bertz CT molecular complexity index is 368. The SMILES string of the molecule is Cn1ccnc1CNC(=O)CC1CCNCC1. The molecule has 0 unspecified atom stereocenters. The summed E-state index contributed by atoms with van der Waals surface area (Å²) in [5.74, 6) is 1.57. The molecule has 1 amide bonds. The maximum Gasteiger partial charge on any atom is 0.220 e. The third-order valence-corrected chi connectivity index (χ3v) is 3.30. The van der Waals surface area contributed by atoms with E-state index in [-0.39, 0.29) is 5.91 Å². The van der Waals surface area contributed by atoms with E-state index in [1.165, 1.54) is 0 Å². The van der Waals surface area contributed by atoms with Crippen molar-refractivity contribution < 1.29 is 4.79 Å². The van der Waals surface area contributed by atoms with Crippen molar-refractivity contribution in [3.05, 3.63) is 18.2 Å². The summed E-state index contributed by atoms with van der Waals surface area (Å²) >= 11 is 0. The predicted octanol–water partition coefficient (Wildman–Crippen LogP) is 0.426. The molecule has 2 N–H and O–H groups in total. The van der Waals surface area contributed by atoms with Gasteiger partial charge in [-0.1, -0.05) is 0 Å². The number of carbonyl (C=O) groups is 1.